The van der Waals surface area contributed by atoms with Gasteiger partial charge in [0.1, 0.15) is 0 Å². The molecule has 1 aromatic carbocycles. The second-order valence-corrected chi connectivity index (χ2v) is 8.13. The number of sulfonamides is 1. The normalized spacial score (nSPS) is 17.3. The minimum Gasteiger partial charge on any atom is -0.341 e. The summed E-state index contributed by atoms with van der Waals surface area (Å²) in [5.41, 5.74) is 0.722. The van der Waals surface area contributed by atoms with Crippen molar-refractivity contribution in [2.45, 2.75) is 12.8 Å². The molecule has 0 saturated carbocycles. The molecule has 0 bridgehead atoms. The number of carbonyl (C=O) groups is 1. The summed E-state index contributed by atoms with van der Waals surface area (Å²) in [5.74, 6) is -0.0560. The molecule has 22 heavy (non-hydrogen) atoms. The maximum Gasteiger partial charge on any atom is 0.227 e. The van der Waals surface area contributed by atoms with Crippen molar-refractivity contribution < 1.29 is 13.2 Å². The average Bonchev–Trinajstić information content (AvgIpc) is 2.67. The molecule has 0 aliphatic carbocycles. The monoisotopic (exact) mass is 364 g/mol. The van der Waals surface area contributed by atoms with Crippen LogP contribution in [0.3, 0.4) is 0 Å². The van der Waals surface area contributed by atoms with Gasteiger partial charge in [-0.3, -0.25) is 4.79 Å². The number of nitrogens with zero attached hydrogens (tertiary/aromatic N) is 2. The SMILES string of the molecule is CS(=O)(=O)N1CCCN(C(=O)Cc2ccc(Cl)cc2Cl)CC1. The molecule has 1 saturated heterocycles. The first-order valence-corrected chi connectivity index (χ1v) is 9.54. The molecule has 1 fully saturated rings. The minimum atomic E-state index is -3.21. The van der Waals surface area contributed by atoms with Crippen LogP contribution in [0.15, 0.2) is 18.2 Å². The van der Waals surface area contributed by atoms with Crippen LogP contribution in [0.2, 0.25) is 10.0 Å². The van der Waals surface area contributed by atoms with Crippen molar-refractivity contribution >= 4 is 39.1 Å². The summed E-state index contributed by atoms with van der Waals surface area (Å²) < 4.78 is 24.6. The van der Waals surface area contributed by atoms with E-state index in [4.69, 9.17) is 23.2 Å². The Bertz CT molecular complexity index is 664. The zero-order valence-electron chi connectivity index (χ0n) is 12.3. The van der Waals surface area contributed by atoms with Gasteiger partial charge < -0.3 is 4.90 Å². The molecule has 0 atom stereocenters. The maximum absolute atomic E-state index is 12.4. The molecule has 0 N–H and O–H groups in total. The first-order chi connectivity index (χ1) is 10.3. The molecule has 1 aromatic rings. The van der Waals surface area contributed by atoms with E-state index < -0.39 is 10.0 Å². The van der Waals surface area contributed by atoms with Crippen molar-refractivity contribution in [1.29, 1.82) is 0 Å². The van der Waals surface area contributed by atoms with E-state index in [1.807, 2.05) is 0 Å². The second-order valence-electron chi connectivity index (χ2n) is 5.31. The molecule has 5 nitrogen and oxygen atoms in total. The third-order valence-corrected chi connectivity index (χ3v) is 5.52. The fourth-order valence-corrected chi connectivity index (χ4v) is 3.76. The van der Waals surface area contributed by atoms with E-state index in [0.717, 1.165) is 5.56 Å². The lowest BCUT2D eigenvalue weighted by molar-refractivity contribution is -0.130. The summed E-state index contributed by atoms with van der Waals surface area (Å²) in [6, 6.07) is 5.05. The van der Waals surface area contributed by atoms with Crippen molar-refractivity contribution in [3.8, 4) is 0 Å². The van der Waals surface area contributed by atoms with Crippen LogP contribution in [0, 0.1) is 0 Å². The van der Waals surface area contributed by atoms with Crippen LogP contribution < -0.4 is 0 Å². The molecule has 122 valence electrons. The Morgan fingerprint density at radius 2 is 1.91 bits per heavy atom. The maximum atomic E-state index is 12.4. The van der Waals surface area contributed by atoms with Gasteiger partial charge in [0.25, 0.3) is 0 Å². The standard InChI is InChI=1S/C14H18Cl2N2O3S/c1-22(20,21)18-6-2-5-17(7-8-18)14(19)9-11-3-4-12(15)10-13(11)16/h3-4,10H,2,5-9H2,1H3. The summed E-state index contributed by atoms with van der Waals surface area (Å²) >= 11 is 11.9. The third kappa shape index (κ3) is 4.59. The van der Waals surface area contributed by atoms with E-state index in [0.29, 0.717) is 42.6 Å². The van der Waals surface area contributed by atoms with Gasteiger partial charge >= 0.3 is 0 Å². The Morgan fingerprint density at radius 1 is 1.18 bits per heavy atom. The number of rotatable bonds is 3. The van der Waals surface area contributed by atoms with E-state index in [1.165, 1.54) is 10.6 Å². The lowest BCUT2D eigenvalue weighted by Gasteiger charge is -2.21. The van der Waals surface area contributed by atoms with Crippen LogP contribution in [0.1, 0.15) is 12.0 Å². The summed E-state index contributed by atoms with van der Waals surface area (Å²) in [4.78, 5) is 14.1. The fraction of sp³-hybridized carbons (Fsp3) is 0.500. The van der Waals surface area contributed by atoms with Gasteiger partial charge in [-0.25, -0.2) is 12.7 Å². The molecule has 0 unspecified atom stereocenters. The molecule has 1 amide bonds. The highest BCUT2D eigenvalue weighted by Gasteiger charge is 2.24. The van der Waals surface area contributed by atoms with Crippen LogP contribution in [-0.4, -0.2) is 56.0 Å². The number of hydrogen-bond acceptors (Lipinski definition) is 3. The zero-order valence-corrected chi connectivity index (χ0v) is 14.6. The van der Waals surface area contributed by atoms with Crippen molar-refractivity contribution in [2.24, 2.45) is 0 Å². The van der Waals surface area contributed by atoms with Gasteiger partial charge in [-0.15, -0.1) is 0 Å². The summed E-state index contributed by atoms with van der Waals surface area (Å²) in [5, 5.41) is 0.994. The highest BCUT2D eigenvalue weighted by Crippen LogP contribution is 2.22. The lowest BCUT2D eigenvalue weighted by atomic mass is 10.1. The van der Waals surface area contributed by atoms with Crippen LogP contribution in [0.25, 0.3) is 0 Å². The molecule has 0 radical (unpaired) electrons. The quantitative estimate of drug-likeness (QED) is 0.824. The number of halogens is 2. The van der Waals surface area contributed by atoms with E-state index in [9.17, 15) is 13.2 Å². The summed E-state index contributed by atoms with van der Waals surface area (Å²) in [6.45, 7) is 1.73. The van der Waals surface area contributed by atoms with Gasteiger partial charge in [0.2, 0.25) is 15.9 Å². The predicted octanol–water partition coefficient (Wildman–Crippen LogP) is 2.03. The molecule has 0 aromatic heterocycles. The number of amides is 1. The third-order valence-electron chi connectivity index (χ3n) is 3.63. The summed E-state index contributed by atoms with van der Waals surface area (Å²) in [6.07, 6.45) is 2.01. The van der Waals surface area contributed by atoms with Gasteiger partial charge in [-0.05, 0) is 24.1 Å². The Hall–Kier alpha value is -0.820. The minimum absolute atomic E-state index is 0.0560. The number of carbonyl (C=O) groups excluding carboxylic acids is 1. The van der Waals surface area contributed by atoms with E-state index >= 15 is 0 Å². The van der Waals surface area contributed by atoms with Crippen LogP contribution in [0.4, 0.5) is 0 Å². The van der Waals surface area contributed by atoms with E-state index in [2.05, 4.69) is 0 Å². The van der Waals surface area contributed by atoms with Gasteiger partial charge in [-0.2, -0.15) is 0 Å². The van der Waals surface area contributed by atoms with Crippen molar-refractivity contribution in [2.75, 3.05) is 32.4 Å². The Labute approximate surface area is 140 Å². The van der Waals surface area contributed by atoms with Gasteiger partial charge in [0, 0.05) is 36.2 Å². The molecular formula is C14H18Cl2N2O3S. The molecule has 1 aliphatic rings. The average molecular weight is 365 g/mol. The Morgan fingerprint density at radius 3 is 2.55 bits per heavy atom. The largest absolute Gasteiger partial charge is 0.341 e. The van der Waals surface area contributed by atoms with E-state index in [-0.39, 0.29) is 12.3 Å². The van der Waals surface area contributed by atoms with Crippen molar-refractivity contribution in [3.63, 3.8) is 0 Å². The van der Waals surface area contributed by atoms with Crippen LogP contribution in [0.5, 0.6) is 0 Å². The molecule has 8 heteroatoms. The first-order valence-electron chi connectivity index (χ1n) is 6.94. The molecule has 2 rings (SSSR count). The molecule has 1 aliphatic heterocycles. The molecule has 1 heterocycles. The molecule has 0 spiro atoms. The lowest BCUT2D eigenvalue weighted by Crippen LogP contribution is -2.37. The van der Waals surface area contributed by atoms with Gasteiger partial charge in [0.15, 0.2) is 0 Å². The van der Waals surface area contributed by atoms with Crippen molar-refractivity contribution in [3.05, 3.63) is 33.8 Å². The summed E-state index contributed by atoms with van der Waals surface area (Å²) in [7, 11) is -3.21. The predicted molar refractivity (Wildman–Crippen MR) is 87.8 cm³/mol. The van der Waals surface area contributed by atoms with Crippen LogP contribution >= 0.6 is 23.2 Å². The van der Waals surface area contributed by atoms with Gasteiger partial charge in [-0.1, -0.05) is 29.3 Å². The van der Waals surface area contributed by atoms with Crippen molar-refractivity contribution in [1.82, 2.24) is 9.21 Å². The highest BCUT2D eigenvalue weighted by molar-refractivity contribution is 7.88. The van der Waals surface area contributed by atoms with Crippen LogP contribution in [-0.2, 0) is 21.2 Å². The van der Waals surface area contributed by atoms with E-state index in [1.54, 1.807) is 23.1 Å². The smallest absolute Gasteiger partial charge is 0.227 e. The Kier molecular flexibility index (Phi) is 5.71. The fourth-order valence-electron chi connectivity index (χ4n) is 2.41. The van der Waals surface area contributed by atoms with Gasteiger partial charge in [0.05, 0.1) is 12.7 Å². The zero-order chi connectivity index (χ0) is 16.3. The Balaban J connectivity index is 2.01. The topological polar surface area (TPSA) is 57.7 Å². The number of hydrogen-bond donors (Lipinski definition) is 0. The second kappa shape index (κ2) is 7.17. The number of benzene rings is 1. The highest BCUT2D eigenvalue weighted by atomic mass is 35.5. The molecular weight excluding hydrogens is 347 g/mol. The first kappa shape index (κ1) is 17.5.